The second kappa shape index (κ2) is 15.9. The summed E-state index contributed by atoms with van der Waals surface area (Å²) in [5.74, 6) is -0.368. The van der Waals surface area contributed by atoms with Crippen LogP contribution in [0.15, 0.2) is 78.9 Å². The number of ether oxygens (including phenoxy) is 5. The van der Waals surface area contributed by atoms with Crippen LogP contribution in [0.3, 0.4) is 0 Å². The van der Waals surface area contributed by atoms with E-state index in [0.717, 1.165) is 25.7 Å². The van der Waals surface area contributed by atoms with E-state index in [4.69, 9.17) is 23.7 Å². The summed E-state index contributed by atoms with van der Waals surface area (Å²) >= 11 is 0. The van der Waals surface area contributed by atoms with E-state index < -0.39 is 24.0 Å². The molecular weight excluding hydrogens is 560 g/mol. The van der Waals surface area contributed by atoms with Crippen LogP contribution in [0.25, 0.3) is 0 Å². The highest BCUT2D eigenvalue weighted by molar-refractivity contribution is 5.91. The number of rotatable bonds is 12. The highest BCUT2D eigenvalue weighted by Crippen LogP contribution is 2.25. The first-order valence-electron chi connectivity index (χ1n) is 15.7. The largest absolute Gasteiger partial charge is 0.490 e. The highest BCUT2D eigenvalue weighted by Gasteiger charge is 2.22. The van der Waals surface area contributed by atoms with Gasteiger partial charge in [-0.3, -0.25) is 0 Å². The van der Waals surface area contributed by atoms with Gasteiger partial charge >= 0.3 is 17.9 Å². The Morgan fingerprint density at radius 1 is 0.523 bits per heavy atom. The molecule has 2 fully saturated rings. The molecule has 3 aromatic rings. The van der Waals surface area contributed by atoms with Crippen molar-refractivity contribution in [2.75, 3.05) is 13.2 Å². The second-order valence-electron chi connectivity index (χ2n) is 11.4. The van der Waals surface area contributed by atoms with Gasteiger partial charge in [-0.25, -0.2) is 14.4 Å². The van der Waals surface area contributed by atoms with Crippen LogP contribution in [-0.2, 0) is 14.2 Å². The fourth-order valence-corrected chi connectivity index (χ4v) is 5.50. The lowest BCUT2D eigenvalue weighted by atomic mass is 9.98. The summed E-state index contributed by atoms with van der Waals surface area (Å²) in [6, 6.07) is 22.1. The smallest absolute Gasteiger partial charge is 0.338 e. The molecule has 0 aliphatic heterocycles. The lowest BCUT2D eigenvalue weighted by molar-refractivity contribution is -0.0253. The van der Waals surface area contributed by atoms with Gasteiger partial charge in [-0.05, 0) is 112 Å². The van der Waals surface area contributed by atoms with Crippen LogP contribution in [0.5, 0.6) is 11.5 Å². The van der Waals surface area contributed by atoms with Gasteiger partial charge in [0.1, 0.15) is 24.7 Å². The van der Waals surface area contributed by atoms with Gasteiger partial charge in [0, 0.05) is 0 Å². The third kappa shape index (κ3) is 9.33. The summed E-state index contributed by atoms with van der Waals surface area (Å²) in [4.78, 5) is 38.4. The summed E-state index contributed by atoms with van der Waals surface area (Å²) in [7, 11) is 0. The zero-order valence-electron chi connectivity index (χ0n) is 25.0. The second-order valence-corrected chi connectivity index (χ2v) is 11.4. The molecule has 0 unspecified atom stereocenters. The molecule has 3 aromatic carbocycles. The van der Waals surface area contributed by atoms with Crippen LogP contribution < -0.4 is 9.47 Å². The summed E-state index contributed by atoms with van der Waals surface area (Å²) in [5, 5.41) is 0. The van der Waals surface area contributed by atoms with Gasteiger partial charge < -0.3 is 23.7 Å². The van der Waals surface area contributed by atoms with E-state index in [2.05, 4.69) is 0 Å². The molecule has 8 heteroatoms. The van der Waals surface area contributed by atoms with Gasteiger partial charge in [0.05, 0.1) is 28.9 Å². The third-order valence-corrected chi connectivity index (χ3v) is 7.97. The van der Waals surface area contributed by atoms with Crippen LogP contribution in [0.1, 0.15) is 95.3 Å². The van der Waals surface area contributed by atoms with Gasteiger partial charge in [-0.2, -0.15) is 0 Å². The number of hydrogen-bond acceptors (Lipinski definition) is 8. The molecule has 0 atom stereocenters. The highest BCUT2D eigenvalue weighted by atomic mass is 16.6. The maximum Gasteiger partial charge on any atom is 0.338 e. The molecule has 0 radical (unpaired) electrons. The summed E-state index contributed by atoms with van der Waals surface area (Å²) in [6.07, 6.45) is 10.7. The van der Waals surface area contributed by atoms with Crippen molar-refractivity contribution in [1.29, 1.82) is 0 Å². The van der Waals surface area contributed by atoms with Crippen LogP contribution >= 0.6 is 0 Å². The zero-order valence-corrected chi connectivity index (χ0v) is 25.0. The molecule has 0 aromatic heterocycles. The predicted octanol–water partition coefficient (Wildman–Crippen LogP) is 7.35. The maximum absolute atomic E-state index is 12.8. The van der Waals surface area contributed by atoms with Crippen molar-refractivity contribution in [2.24, 2.45) is 0 Å². The predicted molar refractivity (Wildman–Crippen MR) is 164 cm³/mol. The van der Waals surface area contributed by atoms with Gasteiger partial charge in [0.15, 0.2) is 6.10 Å². The molecule has 0 N–H and O–H groups in total. The van der Waals surface area contributed by atoms with E-state index in [9.17, 15) is 14.4 Å². The molecule has 2 aliphatic carbocycles. The summed E-state index contributed by atoms with van der Waals surface area (Å²) in [5.41, 5.74) is 1.00. The molecule has 0 saturated heterocycles. The first-order valence-corrected chi connectivity index (χ1v) is 15.7. The minimum absolute atomic E-state index is 0.206. The van der Waals surface area contributed by atoms with E-state index in [1.165, 1.54) is 38.5 Å². The topological polar surface area (TPSA) is 97.4 Å². The summed E-state index contributed by atoms with van der Waals surface area (Å²) < 4.78 is 28.6. The average molecular weight is 601 g/mol. The average Bonchev–Trinajstić information content (AvgIpc) is 3.07. The number of carbonyl (C=O) groups is 3. The summed E-state index contributed by atoms with van der Waals surface area (Å²) in [6.45, 7) is -0.585. The van der Waals surface area contributed by atoms with E-state index >= 15 is 0 Å². The third-order valence-electron chi connectivity index (χ3n) is 7.97. The van der Waals surface area contributed by atoms with Crippen molar-refractivity contribution in [2.45, 2.75) is 82.5 Å². The number of hydrogen-bond donors (Lipinski definition) is 0. The number of esters is 3. The molecule has 232 valence electrons. The molecule has 0 amide bonds. The Labute approximate surface area is 258 Å². The van der Waals surface area contributed by atoms with Crippen molar-refractivity contribution < 1.29 is 38.1 Å². The van der Waals surface area contributed by atoms with Crippen molar-refractivity contribution in [1.82, 2.24) is 0 Å². The van der Waals surface area contributed by atoms with Gasteiger partial charge in [-0.1, -0.05) is 31.0 Å². The number of carbonyl (C=O) groups excluding carboxylic acids is 3. The minimum atomic E-state index is -1.02. The lowest BCUT2D eigenvalue weighted by Gasteiger charge is -2.23. The Bertz CT molecular complexity index is 1260. The van der Waals surface area contributed by atoms with Gasteiger partial charge in [-0.15, -0.1) is 0 Å². The molecule has 0 spiro atoms. The SMILES string of the molecule is O=C(OCC(COC(=O)c1ccc(OC2CCCCC2)cc1)OC(=O)c1ccccc1)c1ccc(OC2CCCCC2)cc1. The fraction of sp³-hybridized carbons (Fsp3) is 0.417. The minimum Gasteiger partial charge on any atom is -0.490 e. The van der Waals surface area contributed by atoms with Crippen LogP contribution in [-0.4, -0.2) is 49.4 Å². The Balaban J connectivity index is 1.15. The molecule has 44 heavy (non-hydrogen) atoms. The fourth-order valence-electron chi connectivity index (χ4n) is 5.50. The van der Waals surface area contributed by atoms with Crippen molar-refractivity contribution >= 4 is 17.9 Å². The molecule has 2 aliphatic rings. The normalized spacial score (nSPS) is 15.8. The van der Waals surface area contributed by atoms with Crippen molar-refractivity contribution in [3.63, 3.8) is 0 Å². The van der Waals surface area contributed by atoms with E-state index in [-0.39, 0.29) is 25.4 Å². The molecule has 0 heterocycles. The quantitative estimate of drug-likeness (QED) is 0.157. The molecule has 5 rings (SSSR count). The molecule has 8 nitrogen and oxygen atoms in total. The monoisotopic (exact) mass is 600 g/mol. The standard InChI is InChI=1S/C36H40O8/c37-34(27-16-20-31(21-17-27)42-29-12-6-2-7-13-29)40-24-33(44-36(39)26-10-4-1-5-11-26)25-41-35(38)28-18-22-32(23-19-28)43-30-14-8-3-9-15-30/h1,4-5,10-11,16-23,29-30,33H,2-3,6-9,12-15,24-25H2. The molecule has 2 saturated carbocycles. The Morgan fingerprint density at radius 2 is 0.932 bits per heavy atom. The first-order chi connectivity index (χ1) is 21.5. The molecular formula is C36H40O8. The Hall–Kier alpha value is -4.33. The van der Waals surface area contributed by atoms with Crippen LogP contribution in [0, 0.1) is 0 Å². The van der Waals surface area contributed by atoms with E-state index in [1.54, 1.807) is 78.9 Å². The van der Waals surface area contributed by atoms with Crippen LogP contribution in [0.4, 0.5) is 0 Å². The molecule has 0 bridgehead atoms. The Kier molecular flexibility index (Phi) is 11.3. The lowest BCUT2D eigenvalue weighted by Crippen LogP contribution is -2.31. The Morgan fingerprint density at radius 3 is 1.36 bits per heavy atom. The van der Waals surface area contributed by atoms with E-state index in [1.807, 2.05) is 0 Å². The van der Waals surface area contributed by atoms with Gasteiger partial charge in [0.2, 0.25) is 0 Å². The van der Waals surface area contributed by atoms with Crippen LogP contribution in [0.2, 0.25) is 0 Å². The zero-order chi connectivity index (χ0) is 30.6. The van der Waals surface area contributed by atoms with Crippen molar-refractivity contribution in [3.05, 3.63) is 95.6 Å². The van der Waals surface area contributed by atoms with E-state index in [0.29, 0.717) is 28.2 Å². The first kappa shape index (κ1) is 31.1. The van der Waals surface area contributed by atoms with Gasteiger partial charge in [0.25, 0.3) is 0 Å². The number of benzene rings is 3. The maximum atomic E-state index is 12.8. The van der Waals surface area contributed by atoms with Crippen molar-refractivity contribution in [3.8, 4) is 11.5 Å².